The minimum Gasteiger partial charge on any atom is -0.394 e. The van der Waals surface area contributed by atoms with E-state index >= 15 is 0 Å². The lowest BCUT2D eigenvalue weighted by molar-refractivity contribution is -0.316. The fraction of sp³-hybridized carbons (Fsp3) is 1.00. The summed E-state index contributed by atoms with van der Waals surface area (Å²) in [5.41, 5.74) is 29.8. The van der Waals surface area contributed by atoms with Crippen LogP contribution in [0.2, 0.25) is 0 Å². The Morgan fingerprint density at radius 2 is 1.47 bits per heavy atom. The summed E-state index contributed by atoms with van der Waals surface area (Å²) in [6.07, 6.45) is -9.94. The molecule has 2 saturated carbocycles. The summed E-state index contributed by atoms with van der Waals surface area (Å²) in [6, 6.07) is -2.82. The molecule has 252 valence electrons. The highest BCUT2D eigenvalue weighted by Crippen LogP contribution is 2.32. The predicted octanol–water partition coefficient (Wildman–Crippen LogP) is -6.98. The van der Waals surface area contributed by atoms with Gasteiger partial charge in [-0.05, 0) is 38.1 Å². The second kappa shape index (κ2) is 15.7. The molecule has 4 fully saturated rings. The Labute approximate surface area is 251 Å². The molecule has 0 amide bonds. The van der Waals surface area contributed by atoms with Crippen LogP contribution in [0.3, 0.4) is 0 Å². The van der Waals surface area contributed by atoms with E-state index in [0.29, 0.717) is 18.9 Å². The highest BCUT2D eigenvalue weighted by atomic mass is 16.7. The zero-order valence-corrected chi connectivity index (χ0v) is 24.4. The number of nitrogens with one attached hydrogen (secondary N) is 2. The Kier molecular flexibility index (Phi) is 12.9. The van der Waals surface area contributed by atoms with Gasteiger partial charge in [-0.2, -0.15) is 0 Å². The fourth-order valence-electron chi connectivity index (χ4n) is 6.38. The van der Waals surface area contributed by atoms with Gasteiger partial charge in [-0.25, -0.2) is 0 Å². The van der Waals surface area contributed by atoms with Gasteiger partial charge in [0.25, 0.3) is 0 Å². The van der Waals surface area contributed by atoms with E-state index in [-0.39, 0.29) is 32.1 Å². The van der Waals surface area contributed by atoms with Gasteiger partial charge in [0.15, 0.2) is 12.6 Å². The molecule has 0 radical (unpaired) electrons. The first-order valence-corrected chi connectivity index (χ1v) is 15.2. The molecule has 43 heavy (non-hydrogen) atoms. The molecule has 2 aliphatic carbocycles. The Hall–Kier alpha value is -0.680. The number of hydrogen-bond donors (Lipinski definition) is 13. The van der Waals surface area contributed by atoms with E-state index in [1.165, 1.54) is 0 Å². The van der Waals surface area contributed by atoms with Gasteiger partial charge in [-0.3, -0.25) is 0 Å². The minimum absolute atomic E-state index is 0.00464. The van der Waals surface area contributed by atoms with Gasteiger partial charge in [0.2, 0.25) is 0 Å². The molecule has 18 N–H and O–H groups in total. The molecule has 15 atom stereocenters. The molecule has 2 saturated heterocycles. The Morgan fingerprint density at radius 3 is 2.09 bits per heavy atom. The van der Waals surface area contributed by atoms with E-state index in [1.807, 2.05) is 0 Å². The van der Waals surface area contributed by atoms with Gasteiger partial charge in [-0.1, -0.05) is 0 Å². The largest absolute Gasteiger partial charge is 0.394 e. The Bertz CT molecular complexity index is 848. The molecule has 0 aromatic rings. The van der Waals surface area contributed by atoms with Crippen molar-refractivity contribution in [2.75, 3.05) is 32.8 Å². The summed E-state index contributed by atoms with van der Waals surface area (Å²) in [5.74, 6) is 0.394. The van der Waals surface area contributed by atoms with Crippen LogP contribution in [0.4, 0.5) is 0 Å². The zero-order chi connectivity index (χ0) is 31.4. The first kappa shape index (κ1) is 35.2. The van der Waals surface area contributed by atoms with E-state index in [2.05, 4.69) is 10.6 Å². The molecule has 17 nitrogen and oxygen atoms in total. The number of aliphatic hydroxyl groups is 6. The first-order chi connectivity index (χ1) is 20.5. The van der Waals surface area contributed by atoms with E-state index in [9.17, 15) is 30.6 Å². The number of nitrogens with two attached hydrogens (primary N) is 5. The van der Waals surface area contributed by atoms with Gasteiger partial charge in [-0.15, -0.1) is 0 Å². The lowest BCUT2D eigenvalue weighted by Gasteiger charge is -2.49. The monoisotopic (exact) mass is 623 g/mol. The van der Waals surface area contributed by atoms with Crippen LogP contribution in [-0.4, -0.2) is 161 Å². The first-order valence-electron chi connectivity index (χ1n) is 15.2. The summed E-state index contributed by atoms with van der Waals surface area (Å²) in [4.78, 5) is 0. The van der Waals surface area contributed by atoms with Gasteiger partial charge in [0, 0.05) is 37.8 Å². The highest BCUT2D eigenvalue weighted by Gasteiger charge is 2.51. The molecular formula is C26H53N7O10. The summed E-state index contributed by atoms with van der Waals surface area (Å²) < 4.78 is 24.1. The third kappa shape index (κ3) is 8.38. The average Bonchev–Trinajstić information content (AvgIpc) is 2.97. The van der Waals surface area contributed by atoms with Gasteiger partial charge in [0.05, 0.1) is 37.0 Å². The van der Waals surface area contributed by atoms with Crippen LogP contribution in [-0.2, 0) is 18.9 Å². The summed E-state index contributed by atoms with van der Waals surface area (Å²) in [7, 11) is 0. The lowest BCUT2D eigenvalue weighted by Crippen LogP contribution is -2.69. The second-order valence-electron chi connectivity index (χ2n) is 12.5. The van der Waals surface area contributed by atoms with Crippen molar-refractivity contribution in [2.24, 2.45) is 34.6 Å². The molecule has 4 rings (SSSR count). The summed E-state index contributed by atoms with van der Waals surface area (Å²) in [5, 5.41) is 69.4. The van der Waals surface area contributed by atoms with Crippen molar-refractivity contribution in [1.82, 2.24) is 10.6 Å². The lowest BCUT2D eigenvalue weighted by atomic mass is 9.80. The normalized spacial score (nSPS) is 48.1. The molecular weight excluding hydrogens is 570 g/mol. The molecule has 0 bridgehead atoms. The third-order valence-electron chi connectivity index (χ3n) is 9.16. The maximum Gasteiger partial charge on any atom is 0.186 e. The molecule has 2 aliphatic heterocycles. The third-order valence-corrected chi connectivity index (χ3v) is 9.16. The quantitative estimate of drug-likeness (QED) is 0.0906. The van der Waals surface area contributed by atoms with Crippen LogP contribution in [0.25, 0.3) is 0 Å². The molecule has 15 unspecified atom stereocenters. The number of aliphatic hydroxyl groups excluding tert-OH is 6. The smallest absolute Gasteiger partial charge is 0.186 e. The van der Waals surface area contributed by atoms with Crippen molar-refractivity contribution in [2.45, 2.75) is 123 Å². The van der Waals surface area contributed by atoms with Crippen molar-refractivity contribution >= 4 is 0 Å². The SMILES string of the molecule is NCC(O)CNC1CC(N)C(OC2OC(CN)C(O)CC2NCC2CC(N)C2)C(O)C1OC1OC(CO)C(O)C(N)C1O. The molecule has 4 aliphatic rings. The van der Waals surface area contributed by atoms with Crippen LogP contribution in [0.5, 0.6) is 0 Å². The van der Waals surface area contributed by atoms with E-state index in [4.69, 9.17) is 47.6 Å². The van der Waals surface area contributed by atoms with E-state index in [1.54, 1.807) is 0 Å². The Balaban J connectivity index is 1.51. The number of hydrogen-bond acceptors (Lipinski definition) is 17. The topological polar surface area (TPSA) is 312 Å². The van der Waals surface area contributed by atoms with Gasteiger partial charge in [0.1, 0.15) is 36.6 Å². The molecule has 2 heterocycles. The van der Waals surface area contributed by atoms with Crippen molar-refractivity contribution in [3.63, 3.8) is 0 Å². The van der Waals surface area contributed by atoms with Crippen LogP contribution in [0.1, 0.15) is 25.7 Å². The molecule has 17 heteroatoms. The minimum atomic E-state index is -1.49. The fourth-order valence-corrected chi connectivity index (χ4v) is 6.38. The van der Waals surface area contributed by atoms with E-state index in [0.717, 1.165) is 12.8 Å². The van der Waals surface area contributed by atoms with Crippen molar-refractivity contribution < 1.29 is 49.6 Å². The summed E-state index contributed by atoms with van der Waals surface area (Å²) in [6.45, 7) is 0.188. The second-order valence-corrected chi connectivity index (χ2v) is 12.5. The maximum atomic E-state index is 11.6. The van der Waals surface area contributed by atoms with Gasteiger partial charge >= 0.3 is 0 Å². The van der Waals surface area contributed by atoms with Crippen molar-refractivity contribution in [3.05, 3.63) is 0 Å². The highest BCUT2D eigenvalue weighted by molar-refractivity contribution is 5.02. The Morgan fingerprint density at radius 1 is 0.791 bits per heavy atom. The molecule has 0 spiro atoms. The van der Waals surface area contributed by atoms with Crippen LogP contribution in [0, 0.1) is 5.92 Å². The van der Waals surface area contributed by atoms with Crippen LogP contribution in [0.15, 0.2) is 0 Å². The maximum absolute atomic E-state index is 11.6. The van der Waals surface area contributed by atoms with Crippen molar-refractivity contribution in [3.8, 4) is 0 Å². The number of rotatable bonds is 13. The molecule has 0 aromatic carbocycles. The van der Waals surface area contributed by atoms with E-state index < -0.39 is 98.3 Å². The van der Waals surface area contributed by atoms with Crippen LogP contribution >= 0.6 is 0 Å². The number of ether oxygens (including phenoxy) is 4. The zero-order valence-electron chi connectivity index (χ0n) is 24.4. The molecule has 0 aromatic heterocycles. The summed E-state index contributed by atoms with van der Waals surface area (Å²) >= 11 is 0. The van der Waals surface area contributed by atoms with Crippen molar-refractivity contribution in [1.29, 1.82) is 0 Å². The van der Waals surface area contributed by atoms with Crippen LogP contribution < -0.4 is 39.3 Å². The predicted molar refractivity (Wildman–Crippen MR) is 152 cm³/mol. The van der Waals surface area contributed by atoms with Gasteiger partial charge < -0.3 is 88.9 Å². The standard InChI is InChI=1S/C26H53N7O10/c27-5-12(35)8-33-14-3-13(30)23(22(39)24(14)43-26-21(38)19(31)20(37)18(9-34)41-26)42-25-15(4-16(36)17(6-28)40-25)32-7-10-1-11(29)2-10/h10-26,32-39H,1-9,27-31H2. The average molecular weight is 624 g/mol.